The van der Waals surface area contributed by atoms with Crippen molar-refractivity contribution in [1.29, 1.82) is 0 Å². The summed E-state index contributed by atoms with van der Waals surface area (Å²) in [5.41, 5.74) is 1.66. The molecule has 5 heteroatoms. The molecule has 1 heterocycles. The van der Waals surface area contributed by atoms with E-state index in [0.717, 1.165) is 16.9 Å². The Balaban J connectivity index is 1.91. The quantitative estimate of drug-likeness (QED) is 0.714. The number of benzene rings is 2. The van der Waals surface area contributed by atoms with E-state index >= 15 is 0 Å². The Labute approximate surface area is 127 Å². The molecule has 0 aliphatic rings. The summed E-state index contributed by atoms with van der Waals surface area (Å²) >= 11 is 5.87. The summed E-state index contributed by atoms with van der Waals surface area (Å²) < 4.78 is 11.2. The first-order chi connectivity index (χ1) is 10.3. The van der Waals surface area contributed by atoms with E-state index in [4.69, 9.17) is 20.8 Å². The minimum Gasteiger partial charge on any atom is -0.494 e. The van der Waals surface area contributed by atoms with E-state index in [1.165, 1.54) is 0 Å². The summed E-state index contributed by atoms with van der Waals surface area (Å²) in [6.07, 6.45) is 0. The molecule has 0 saturated carbocycles. The highest BCUT2D eigenvalue weighted by molar-refractivity contribution is 6.30. The van der Waals surface area contributed by atoms with E-state index in [9.17, 15) is 0 Å². The first-order valence-corrected chi connectivity index (χ1v) is 6.97. The highest BCUT2D eigenvalue weighted by atomic mass is 35.5. The number of rotatable bonds is 4. The maximum atomic E-state index is 5.87. The minimum absolute atomic E-state index is 0.460. The molecule has 0 bridgehead atoms. The van der Waals surface area contributed by atoms with Gasteiger partial charge >= 0.3 is 0 Å². The third kappa shape index (κ3) is 3.06. The first kappa shape index (κ1) is 13.6. The van der Waals surface area contributed by atoms with Crippen LogP contribution in [0.25, 0.3) is 22.9 Å². The summed E-state index contributed by atoms with van der Waals surface area (Å²) in [4.78, 5) is 0. The zero-order valence-electron chi connectivity index (χ0n) is 11.4. The molecular weight excluding hydrogens is 288 g/mol. The van der Waals surface area contributed by atoms with Gasteiger partial charge in [-0.2, -0.15) is 0 Å². The highest BCUT2D eigenvalue weighted by Gasteiger charge is 2.11. The van der Waals surface area contributed by atoms with Crippen LogP contribution in [0.5, 0.6) is 5.75 Å². The Morgan fingerprint density at radius 2 is 1.71 bits per heavy atom. The molecule has 1 aromatic heterocycles. The second-order valence-corrected chi connectivity index (χ2v) is 4.82. The van der Waals surface area contributed by atoms with Crippen molar-refractivity contribution in [2.45, 2.75) is 6.92 Å². The largest absolute Gasteiger partial charge is 0.494 e. The fraction of sp³-hybridized carbons (Fsp3) is 0.125. The molecule has 0 amide bonds. The molecule has 0 saturated heterocycles. The summed E-state index contributed by atoms with van der Waals surface area (Å²) in [5.74, 6) is 1.70. The van der Waals surface area contributed by atoms with Gasteiger partial charge in [0.05, 0.1) is 6.61 Å². The molecule has 0 atom stereocenters. The van der Waals surface area contributed by atoms with Crippen molar-refractivity contribution in [1.82, 2.24) is 10.2 Å². The average molecular weight is 301 g/mol. The molecule has 2 aromatic carbocycles. The van der Waals surface area contributed by atoms with Crippen LogP contribution in [0.4, 0.5) is 0 Å². The smallest absolute Gasteiger partial charge is 0.248 e. The van der Waals surface area contributed by atoms with Gasteiger partial charge in [-0.25, -0.2) is 0 Å². The summed E-state index contributed by atoms with van der Waals surface area (Å²) in [5, 5.41) is 8.82. The van der Waals surface area contributed by atoms with Crippen molar-refractivity contribution in [2.24, 2.45) is 0 Å². The van der Waals surface area contributed by atoms with Crippen molar-refractivity contribution in [3.8, 4) is 28.7 Å². The third-order valence-corrected chi connectivity index (χ3v) is 3.16. The van der Waals surface area contributed by atoms with Crippen LogP contribution in [0.15, 0.2) is 52.9 Å². The number of halogens is 1. The lowest BCUT2D eigenvalue weighted by atomic mass is 10.2. The van der Waals surface area contributed by atoms with Gasteiger partial charge in [-0.05, 0) is 49.4 Å². The molecule has 0 unspecified atom stereocenters. The predicted octanol–water partition coefficient (Wildman–Crippen LogP) is 4.46. The van der Waals surface area contributed by atoms with E-state index in [-0.39, 0.29) is 0 Å². The molecule has 3 aromatic rings. The van der Waals surface area contributed by atoms with Gasteiger partial charge in [-0.1, -0.05) is 17.7 Å². The fourth-order valence-corrected chi connectivity index (χ4v) is 2.06. The van der Waals surface area contributed by atoms with Crippen LogP contribution >= 0.6 is 11.6 Å². The van der Waals surface area contributed by atoms with E-state index in [1.54, 1.807) is 12.1 Å². The Kier molecular flexibility index (Phi) is 3.88. The topological polar surface area (TPSA) is 48.2 Å². The lowest BCUT2D eigenvalue weighted by Gasteiger charge is -2.03. The maximum Gasteiger partial charge on any atom is 0.248 e. The molecule has 3 rings (SSSR count). The molecule has 4 nitrogen and oxygen atoms in total. The van der Waals surface area contributed by atoms with Crippen molar-refractivity contribution in [3.63, 3.8) is 0 Å². The number of aromatic nitrogens is 2. The van der Waals surface area contributed by atoms with Crippen LogP contribution in [0, 0.1) is 0 Å². The van der Waals surface area contributed by atoms with Crippen molar-refractivity contribution < 1.29 is 9.15 Å². The van der Waals surface area contributed by atoms with Crippen LogP contribution in [0.2, 0.25) is 5.02 Å². The molecule has 0 fully saturated rings. The van der Waals surface area contributed by atoms with Crippen LogP contribution in [-0.4, -0.2) is 16.8 Å². The van der Waals surface area contributed by atoms with Gasteiger partial charge in [0.1, 0.15) is 5.75 Å². The lowest BCUT2D eigenvalue weighted by molar-refractivity contribution is 0.340. The van der Waals surface area contributed by atoms with E-state index in [2.05, 4.69) is 10.2 Å². The fourth-order valence-electron chi connectivity index (χ4n) is 1.93. The first-order valence-electron chi connectivity index (χ1n) is 6.59. The van der Waals surface area contributed by atoms with Gasteiger partial charge in [0.2, 0.25) is 11.8 Å². The summed E-state index contributed by atoms with van der Waals surface area (Å²) in [7, 11) is 0. The third-order valence-electron chi connectivity index (χ3n) is 2.91. The van der Waals surface area contributed by atoms with E-state index in [0.29, 0.717) is 23.4 Å². The predicted molar refractivity (Wildman–Crippen MR) is 81.3 cm³/mol. The SMILES string of the molecule is CCOc1cccc(-c2nnc(-c3ccc(Cl)cc3)o2)c1. The van der Waals surface area contributed by atoms with Gasteiger partial charge in [0.15, 0.2) is 0 Å². The van der Waals surface area contributed by atoms with Gasteiger partial charge in [0, 0.05) is 16.1 Å². The normalized spacial score (nSPS) is 10.6. The molecular formula is C16H13ClN2O2. The standard InChI is InChI=1S/C16H13ClN2O2/c1-2-20-14-5-3-4-12(10-14)16-19-18-15(21-16)11-6-8-13(17)9-7-11/h3-10H,2H2,1H3. The van der Waals surface area contributed by atoms with Crippen molar-refractivity contribution in [2.75, 3.05) is 6.61 Å². The van der Waals surface area contributed by atoms with Gasteiger partial charge in [-0.3, -0.25) is 0 Å². The van der Waals surface area contributed by atoms with E-state index in [1.807, 2.05) is 43.3 Å². The number of hydrogen-bond acceptors (Lipinski definition) is 4. The number of hydrogen-bond donors (Lipinski definition) is 0. The molecule has 0 aliphatic carbocycles. The van der Waals surface area contributed by atoms with Crippen molar-refractivity contribution >= 4 is 11.6 Å². The molecule has 0 radical (unpaired) electrons. The minimum atomic E-state index is 0.460. The zero-order valence-corrected chi connectivity index (χ0v) is 12.2. The monoisotopic (exact) mass is 300 g/mol. The van der Waals surface area contributed by atoms with Gasteiger partial charge < -0.3 is 9.15 Å². The Hall–Kier alpha value is -2.33. The van der Waals surface area contributed by atoms with Gasteiger partial charge in [-0.15, -0.1) is 10.2 Å². The molecule has 0 aliphatic heterocycles. The second-order valence-electron chi connectivity index (χ2n) is 4.38. The van der Waals surface area contributed by atoms with Gasteiger partial charge in [0.25, 0.3) is 0 Å². The zero-order chi connectivity index (χ0) is 14.7. The second kappa shape index (κ2) is 5.97. The summed E-state index contributed by atoms with van der Waals surface area (Å²) in [6.45, 7) is 2.56. The molecule has 0 N–H and O–H groups in total. The van der Waals surface area contributed by atoms with Crippen LogP contribution in [-0.2, 0) is 0 Å². The average Bonchev–Trinajstić information content (AvgIpc) is 2.98. The van der Waals surface area contributed by atoms with E-state index < -0.39 is 0 Å². The summed E-state index contributed by atoms with van der Waals surface area (Å²) in [6, 6.07) is 14.8. The highest BCUT2D eigenvalue weighted by Crippen LogP contribution is 2.26. The van der Waals surface area contributed by atoms with Crippen LogP contribution in [0.1, 0.15) is 6.92 Å². The molecule has 0 spiro atoms. The number of ether oxygens (including phenoxy) is 1. The molecule has 106 valence electrons. The van der Waals surface area contributed by atoms with Crippen molar-refractivity contribution in [3.05, 3.63) is 53.6 Å². The number of nitrogens with zero attached hydrogens (tertiary/aromatic N) is 2. The van der Waals surface area contributed by atoms with Crippen LogP contribution in [0.3, 0.4) is 0 Å². The lowest BCUT2D eigenvalue weighted by Crippen LogP contribution is -1.91. The van der Waals surface area contributed by atoms with Crippen LogP contribution < -0.4 is 4.74 Å². The maximum absolute atomic E-state index is 5.87. The Morgan fingerprint density at radius 1 is 1.00 bits per heavy atom. The Morgan fingerprint density at radius 3 is 2.43 bits per heavy atom. The molecule has 21 heavy (non-hydrogen) atoms. The Bertz CT molecular complexity index is 738.